The minimum Gasteiger partial charge on any atom is -0.422 e. The van der Waals surface area contributed by atoms with E-state index in [2.05, 4.69) is 15.5 Å². The molecule has 1 aromatic heterocycles. The molecule has 0 unspecified atom stereocenters. The highest BCUT2D eigenvalue weighted by atomic mass is 35.5. The molecule has 0 saturated carbocycles. The van der Waals surface area contributed by atoms with Gasteiger partial charge in [-0.05, 0) is 29.8 Å². The summed E-state index contributed by atoms with van der Waals surface area (Å²) in [5, 5.41) is 4.55. The summed E-state index contributed by atoms with van der Waals surface area (Å²) in [4.78, 5) is 4.19. The molecule has 0 aliphatic carbocycles. The predicted octanol–water partition coefficient (Wildman–Crippen LogP) is 4.07. The predicted molar refractivity (Wildman–Crippen MR) is 76.6 cm³/mol. The van der Waals surface area contributed by atoms with Gasteiger partial charge in [0.05, 0.1) is 6.21 Å². The second-order valence-electron chi connectivity index (χ2n) is 4.05. The number of hydrogen-bond acceptors (Lipinski definition) is 4. The van der Waals surface area contributed by atoms with Gasteiger partial charge in [0.15, 0.2) is 5.58 Å². The van der Waals surface area contributed by atoms with Gasteiger partial charge in [0.2, 0.25) is 0 Å². The van der Waals surface area contributed by atoms with E-state index in [1.54, 1.807) is 36.5 Å². The molecule has 0 atom stereocenters. The lowest BCUT2D eigenvalue weighted by Crippen LogP contribution is -1.90. The Morgan fingerprint density at radius 2 is 2.00 bits per heavy atom. The largest absolute Gasteiger partial charge is 0.422 e. The maximum atomic E-state index is 12.7. The second-order valence-corrected chi connectivity index (χ2v) is 4.49. The first kappa shape index (κ1) is 12.6. The van der Waals surface area contributed by atoms with Crippen molar-refractivity contribution in [3.05, 3.63) is 58.9 Å². The normalized spacial score (nSPS) is 11.3. The highest BCUT2D eigenvalue weighted by Gasteiger charge is 2.04. The first-order valence-electron chi connectivity index (χ1n) is 5.81. The van der Waals surface area contributed by atoms with Crippen LogP contribution in [0.5, 0.6) is 0 Å². The van der Waals surface area contributed by atoms with Crippen molar-refractivity contribution in [2.24, 2.45) is 5.10 Å². The molecule has 20 heavy (non-hydrogen) atoms. The first-order valence-corrected chi connectivity index (χ1v) is 6.19. The van der Waals surface area contributed by atoms with Crippen molar-refractivity contribution < 1.29 is 8.81 Å². The Kier molecular flexibility index (Phi) is 3.35. The van der Waals surface area contributed by atoms with Crippen LogP contribution in [0.2, 0.25) is 5.02 Å². The van der Waals surface area contributed by atoms with Gasteiger partial charge in [-0.15, -0.1) is 0 Å². The van der Waals surface area contributed by atoms with Gasteiger partial charge in [-0.3, -0.25) is 0 Å². The summed E-state index contributed by atoms with van der Waals surface area (Å²) >= 11 is 5.86. The molecule has 0 saturated heterocycles. The quantitative estimate of drug-likeness (QED) is 0.584. The van der Waals surface area contributed by atoms with Gasteiger partial charge in [0, 0.05) is 11.1 Å². The number of aromatic nitrogens is 1. The Morgan fingerprint density at radius 1 is 1.20 bits per heavy atom. The van der Waals surface area contributed by atoms with E-state index >= 15 is 0 Å². The van der Waals surface area contributed by atoms with Crippen LogP contribution in [0, 0.1) is 5.82 Å². The lowest BCUT2D eigenvalue weighted by molar-refractivity contribution is 0.617. The number of hydrazone groups is 1. The van der Waals surface area contributed by atoms with Crippen LogP contribution < -0.4 is 5.43 Å². The summed E-state index contributed by atoms with van der Waals surface area (Å²) in [6.07, 6.45) is 1.54. The Balaban J connectivity index is 1.74. The van der Waals surface area contributed by atoms with Gasteiger partial charge in [-0.2, -0.15) is 10.1 Å². The van der Waals surface area contributed by atoms with Crippen molar-refractivity contribution >= 4 is 34.9 Å². The number of oxazole rings is 1. The second kappa shape index (κ2) is 5.30. The molecule has 3 rings (SSSR count). The molecule has 6 heteroatoms. The monoisotopic (exact) mass is 289 g/mol. The minimum atomic E-state index is -0.286. The van der Waals surface area contributed by atoms with Crippen LogP contribution in [0.15, 0.2) is 52.0 Å². The highest BCUT2D eigenvalue weighted by molar-refractivity contribution is 6.31. The third kappa shape index (κ3) is 2.78. The number of nitrogens with zero attached hydrogens (tertiary/aromatic N) is 2. The zero-order valence-electron chi connectivity index (χ0n) is 10.2. The molecule has 1 N–H and O–H groups in total. The maximum absolute atomic E-state index is 12.7. The Labute approximate surface area is 118 Å². The molecule has 2 aromatic carbocycles. The number of anilines is 1. The summed E-state index contributed by atoms with van der Waals surface area (Å²) in [5.74, 6) is -0.286. The van der Waals surface area contributed by atoms with Gasteiger partial charge in [-0.25, -0.2) is 9.82 Å². The van der Waals surface area contributed by atoms with E-state index in [1.807, 2.05) is 0 Å². The lowest BCUT2D eigenvalue weighted by atomic mass is 10.2. The van der Waals surface area contributed by atoms with Crippen LogP contribution in [-0.4, -0.2) is 11.2 Å². The molecule has 0 radical (unpaired) electrons. The van der Waals surface area contributed by atoms with Crippen molar-refractivity contribution in [3.63, 3.8) is 0 Å². The number of hydrogen-bond donors (Lipinski definition) is 1. The molecule has 0 aliphatic heterocycles. The van der Waals surface area contributed by atoms with Gasteiger partial charge >= 0.3 is 6.01 Å². The summed E-state index contributed by atoms with van der Waals surface area (Å²) in [6.45, 7) is 0. The Hall–Kier alpha value is -2.40. The topological polar surface area (TPSA) is 50.4 Å². The van der Waals surface area contributed by atoms with E-state index in [9.17, 15) is 4.39 Å². The zero-order valence-corrected chi connectivity index (χ0v) is 10.9. The molecule has 4 nitrogen and oxygen atoms in total. The average Bonchev–Trinajstić information content (AvgIpc) is 2.83. The Bertz CT molecular complexity index is 768. The molecule has 0 bridgehead atoms. The van der Waals surface area contributed by atoms with E-state index in [0.29, 0.717) is 16.1 Å². The maximum Gasteiger partial charge on any atom is 0.316 e. The van der Waals surface area contributed by atoms with E-state index < -0.39 is 0 Å². The van der Waals surface area contributed by atoms with Gasteiger partial charge in [-0.1, -0.05) is 23.7 Å². The fourth-order valence-electron chi connectivity index (χ4n) is 1.66. The van der Waals surface area contributed by atoms with Crippen molar-refractivity contribution in [2.75, 3.05) is 5.43 Å². The van der Waals surface area contributed by atoms with Crippen LogP contribution in [0.1, 0.15) is 5.56 Å². The van der Waals surface area contributed by atoms with Gasteiger partial charge in [0.25, 0.3) is 0 Å². The first-order chi connectivity index (χ1) is 9.70. The molecule has 3 aromatic rings. The number of fused-ring (bicyclic) bond motifs is 1. The minimum absolute atomic E-state index is 0.264. The fourth-order valence-corrected chi connectivity index (χ4v) is 1.82. The Morgan fingerprint density at radius 3 is 2.80 bits per heavy atom. The van der Waals surface area contributed by atoms with Crippen LogP contribution in [-0.2, 0) is 0 Å². The zero-order chi connectivity index (χ0) is 13.9. The number of halogens is 2. The highest BCUT2D eigenvalue weighted by Crippen LogP contribution is 2.22. The van der Waals surface area contributed by atoms with Crippen molar-refractivity contribution in [1.82, 2.24) is 4.98 Å². The molecular weight excluding hydrogens is 281 g/mol. The molecular formula is C14H9ClFN3O. The number of rotatable bonds is 3. The molecule has 1 heterocycles. The standard InChI is InChI=1S/C14H9ClFN3O/c15-10-3-6-12-13(7-10)20-14(18-12)19-17-8-9-1-4-11(16)5-2-9/h1-8H,(H,18,19)/b17-8-. The van der Waals surface area contributed by atoms with Crippen molar-refractivity contribution in [2.45, 2.75) is 0 Å². The SMILES string of the molecule is Fc1ccc(/C=N\Nc2nc3ccc(Cl)cc3o2)cc1. The molecule has 0 spiro atoms. The molecule has 100 valence electrons. The van der Waals surface area contributed by atoms with Crippen molar-refractivity contribution in [1.29, 1.82) is 0 Å². The van der Waals surface area contributed by atoms with Crippen LogP contribution >= 0.6 is 11.6 Å². The van der Waals surface area contributed by atoms with E-state index in [4.69, 9.17) is 16.0 Å². The smallest absolute Gasteiger partial charge is 0.316 e. The fraction of sp³-hybridized carbons (Fsp3) is 0. The third-order valence-electron chi connectivity index (χ3n) is 2.59. The van der Waals surface area contributed by atoms with E-state index in [1.165, 1.54) is 12.1 Å². The number of benzene rings is 2. The third-order valence-corrected chi connectivity index (χ3v) is 2.83. The van der Waals surface area contributed by atoms with Crippen molar-refractivity contribution in [3.8, 4) is 0 Å². The van der Waals surface area contributed by atoms with E-state index in [0.717, 1.165) is 5.56 Å². The van der Waals surface area contributed by atoms with Crippen LogP contribution in [0.25, 0.3) is 11.1 Å². The average molecular weight is 290 g/mol. The summed E-state index contributed by atoms with van der Waals surface area (Å²) in [5.41, 5.74) is 4.70. The summed E-state index contributed by atoms with van der Waals surface area (Å²) in [7, 11) is 0. The van der Waals surface area contributed by atoms with Crippen LogP contribution in [0.3, 0.4) is 0 Å². The lowest BCUT2D eigenvalue weighted by Gasteiger charge is -1.93. The van der Waals surface area contributed by atoms with Crippen LogP contribution in [0.4, 0.5) is 10.4 Å². The number of nitrogens with one attached hydrogen (secondary N) is 1. The molecule has 0 aliphatic rings. The van der Waals surface area contributed by atoms with Gasteiger partial charge in [0.1, 0.15) is 11.3 Å². The summed E-state index contributed by atoms with van der Waals surface area (Å²) < 4.78 is 18.2. The summed E-state index contributed by atoms with van der Waals surface area (Å²) in [6, 6.07) is 11.4. The van der Waals surface area contributed by atoms with Gasteiger partial charge < -0.3 is 4.42 Å². The van der Waals surface area contributed by atoms with E-state index in [-0.39, 0.29) is 11.8 Å². The molecule has 0 fully saturated rings. The molecule has 0 amide bonds.